The Morgan fingerprint density at radius 3 is 2.50 bits per heavy atom. The van der Waals surface area contributed by atoms with Crippen LogP contribution in [0.4, 0.5) is 17.6 Å². The molecular weight excluding hydrogens is 276 g/mol. The molecule has 2 nitrogen and oxygen atoms in total. The van der Waals surface area contributed by atoms with Gasteiger partial charge in [-0.2, -0.15) is 13.2 Å². The van der Waals surface area contributed by atoms with Gasteiger partial charge in [0.05, 0.1) is 23.6 Å². The first-order chi connectivity index (χ1) is 8.25. The summed E-state index contributed by atoms with van der Waals surface area (Å²) in [5, 5.41) is -0.743. The van der Waals surface area contributed by atoms with Crippen LogP contribution < -0.4 is 0 Å². The summed E-state index contributed by atoms with van der Waals surface area (Å²) in [5.41, 5.74) is -1.57. The van der Waals surface area contributed by atoms with Gasteiger partial charge < -0.3 is 4.74 Å². The Kier molecular flexibility index (Phi) is 4.56. The van der Waals surface area contributed by atoms with Crippen LogP contribution in [-0.4, -0.2) is 12.6 Å². The maximum Gasteiger partial charge on any atom is 0.417 e. The number of alkyl halides is 3. The van der Waals surface area contributed by atoms with Gasteiger partial charge in [-0.1, -0.05) is 11.6 Å². The molecule has 100 valence electrons. The first-order valence-electron chi connectivity index (χ1n) is 4.96. The van der Waals surface area contributed by atoms with E-state index in [9.17, 15) is 22.4 Å². The van der Waals surface area contributed by atoms with Crippen molar-refractivity contribution in [2.45, 2.75) is 19.5 Å². The van der Waals surface area contributed by atoms with E-state index < -0.39 is 40.5 Å². The van der Waals surface area contributed by atoms with Crippen molar-refractivity contribution in [3.8, 4) is 0 Å². The van der Waals surface area contributed by atoms with Gasteiger partial charge in [0.15, 0.2) is 0 Å². The van der Waals surface area contributed by atoms with Crippen molar-refractivity contribution in [1.82, 2.24) is 0 Å². The number of ether oxygens (including phenoxy) is 1. The number of esters is 1. The van der Waals surface area contributed by atoms with Gasteiger partial charge in [0.2, 0.25) is 0 Å². The fraction of sp³-hybridized carbons (Fsp3) is 0.364. The van der Waals surface area contributed by atoms with Crippen molar-refractivity contribution in [3.63, 3.8) is 0 Å². The van der Waals surface area contributed by atoms with Crippen LogP contribution in [0, 0.1) is 5.82 Å². The minimum Gasteiger partial charge on any atom is -0.466 e. The largest absolute Gasteiger partial charge is 0.466 e. The SMILES string of the molecule is CCOC(=O)Cc1cc(C(F)(F)F)c(Cl)cc1F. The van der Waals surface area contributed by atoms with Crippen molar-refractivity contribution in [1.29, 1.82) is 0 Å². The van der Waals surface area contributed by atoms with Crippen molar-refractivity contribution in [2.75, 3.05) is 6.61 Å². The van der Waals surface area contributed by atoms with E-state index in [4.69, 9.17) is 11.6 Å². The molecule has 0 saturated carbocycles. The molecule has 0 amide bonds. The predicted molar refractivity (Wildman–Crippen MR) is 56.7 cm³/mol. The van der Waals surface area contributed by atoms with Gasteiger partial charge in [0, 0.05) is 0 Å². The van der Waals surface area contributed by atoms with E-state index in [1.807, 2.05) is 0 Å². The third-order valence-corrected chi connectivity index (χ3v) is 2.39. The Bertz CT molecular complexity index is 457. The summed E-state index contributed by atoms with van der Waals surface area (Å²) >= 11 is 5.31. The first kappa shape index (κ1) is 14.8. The van der Waals surface area contributed by atoms with Crippen molar-refractivity contribution < 1.29 is 27.1 Å². The first-order valence-corrected chi connectivity index (χ1v) is 5.34. The highest BCUT2D eigenvalue weighted by atomic mass is 35.5. The summed E-state index contributed by atoms with van der Waals surface area (Å²) in [4.78, 5) is 11.1. The van der Waals surface area contributed by atoms with E-state index in [0.717, 1.165) is 0 Å². The fourth-order valence-corrected chi connectivity index (χ4v) is 1.57. The lowest BCUT2D eigenvalue weighted by Crippen LogP contribution is -2.12. The molecule has 0 spiro atoms. The minimum absolute atomic E-state index is 0.0696. The third kappa shape index (κ3) is 3.60. The molecule has 0 atom stereocenters. The van der Waals surface area contributed by atoms with Crippen molar-refractivity contribution in [2.24, 2.45) is 0 Å². The van der Waals surface area contributed by atoms with Gasteiger partial charge in [-0.05, 0) is 24.6 Å². The van der Waals surface area contributed by atoms with Gasteiger partial charge in [-0.3, -0.25) is 4.79 Å². The van der Waals surface area contributed by atoms with Crippen LogP contribution in [0.25, 0.3) is 0 Å². The van der Waals surface area contributed by atoms with Gasteiger partial charge in [-0.15, -0.1) is 0 Å². The summed E-state index contributed by atoms with van der Waals surface area (Å²) in [6.45, 7) is 1.61. The molecule has 1 rings (SSSR count). The second-order valence-corrected chi connectivity index (χ2v) is 3.81. The van der Waals surface area contributed by atoms with E-state index in [1.54, 1.807) is 0 Å². The second kappa shape index (κ2) is 5.56. The average molecular weight is 285 g/mol. The Morgan fingerprint density at radius 1 is 1.39 bits per heavy atom. The second-order valence-electron chi connectivity index (χ2n) is 3.40. The summed E-state index contributed by atoms with van der Waals surface area (Å²) in [6.07, 6.45) is -5.27. The number of hydrogen-bond donors (Lipinski definition) is 0. The Hall–Kier alpha value is -1.30. The van der Waals surface area contributed by atoms with Gasteiger partial charge in [0.25, 0.3) is 0 Å². The molecule has 0 radical (unpaired) electrons. The zero-order valence-electron chi connectivity index (χ0n) is 9.28. The van der Waals surface area contributed by atoms with Crippen LogP contribution in [0.3, 0.4) is 0 Å². The van der Waals surface area contributed by atoms with E-state index in [0.29, 0.717) is 12.1 Å². The van der Waals surface area contributed by atoms with Crippen molar-refractivity contribution in [3.05, 3.63) is 34.1 Å². The van der Waals surface area contributed by atoms with E-state index in [2.05, 4.69) is 4.74 Å². The molecule has 0 heterocycles. The number of rotatable bonds is 3. The van der Waals surface area contributed by atoms with Crippen molar-refractivity contribution >= 4 is 17.6 Å². The topological polar surface area (TPSA) is 26.3 Å². The lowest BCUT2D eigenvalue weighted by molar-refractivity contribution is -0.142. The molecule has 0 unspecified atom stereocenters. The Labute approximate surface area is 105 Å². The Balaban J connectivity index is 3.10. The summed E-state index contributed by atoms with van der Waals surface area (Å²) in [7, 11) is 0. The van der Waals surface area contributed by atoms with Crippen LogP contribution in [0.1, 0.15) is 18.1 Å². The molecule has 0 aliphatic carbocycles. The molecular formula is C11H9ClF4O2. The van der Waals surface area contributed by atoms with Gasteiger partial charge >= 0.3 is 12.1 Å². The highest BCUT2D eigenvalue weighted by Crippen LogP contribution is 2.36. The van der Waals surface area contributed by atoms with Gasteiger partial charge in [-0.25, -0.2) is 4.39 Å². The molecule has 0 saturated heterocycles. The number of carbonyl (C=O) groups is 1. The molecule has 0 aliphatic heterocycles. The zero-order valence-corrected chi connectivity index (χ0v) is 10.0. The predicted octanol–water partition coefficient (Wildman–Crippen LogP) is 3.60. The smallest absolute Gasteiger partial charge is 0.417 e. The van der Waals surface area contributed by atoms with E-state index >= 15 is 0 Å². The van der Waals surface area contributed by atoms with Crippen LogP contribution in [0.2, 0.25) is 5.02 Å². The lowest BCUT2D eigenvalue weighted by atomic mass is 10.1. The molecule has 0 N–H and O–H groups in total. The molecule has 0 bridgehead atoms. The molecule has 0 aliphatic rings. The Morgan fingerprint density at radius 2 is 2.00 bits per heavy atom. The molecule has 0 fully saturated rings. The van der Waals surface area contributed by atoms with Crippen LogP contribution in [0.15, 0.2) is 12.1 Å². The highest BCUT2D eigenvalue weighted by molar-refractivity contribution is 6.31. The van der Waals surface area contributed by atoms with Crippen LogP contribution in [-0.2, 0) is 22.1 Å². The number of halogens is 5. The normalized spacial score (nSPS) is 11.4. The summed E-state index contributed by atoms with van der Waals surface area (Å²) < 4.78 is 55.5. The van der Waals surface area contributed by atoms with E-state index in [-0.39, 0.29) is 6.61 Å². The maximum absolute atomic E-state index is 13.4. The summed E-state index contributed by atoms with van der Waals surface area (Å²) in [5.74, 6) is -1.77. The zero-order chi connectivity index (χ0) is 13.9. The number of benzene rings is 1. The maximum atomic E-state index is 13.4. The number of carbonyl (C=O) groups excluding carboxylic acids is 1. The standard InChI is InChI=1S/C11H9ClF4O2/c1-2-18-10(17)4-6-3-7(11(14,15)16)8(12)5-9(6)13/h3,5H,2,4H2,1H3. The highest BCUT2D eigenvalue weighted by Gasteiger charge is 2.34. The lowest BCUT2D eigenvalue weighted by Gasteiger charge is -2.11. The molecule has 1 aromatic carbocycles. The molecule has 1 aromatic rings. The van der Waals surface area contributed by atoms with E-state index in [1.165, 1.54) is 6.92 Å². The molecule has 0 aromatic heterocycles. The summed E-state index contributed by atoms with van der Waals surface area (Å²) in [6, 6.07) is 1.06. The molecule has 7 heteroatoms. The van der Waals surface area contributed by atoms with Crippen LogP contribution >= 0.6 is 11.6 Å². The molecule has 18 heavy (non-hydrogen) atoms. The minimum atomic E-state index is -4.70. The number of hydrogen-bond acceptors (Lipinski definition) is 2. The quantitative estimate of drug-likeness (QED) is 0.626. The van der Waals surface area contributed by atoms with Crippen LogP contribution in [0.5, 0.6) is 0 Å². The third-order valence-electron chi connectivity index (χ3n) is 2.08. The monoisotopic (exact) mass is 284 g/mol. The fourth-order valence-electron chi connectivity index (χ4n) is 1.31. The average Bonchev–Trinajstić information content (AvgIpc) is 2.20. The van der Waals surface area contributed by atoms with Gasteiger partial charge in [0.1, 0.15) is 5.82 Å².